The van der Waals surface area contributed by atoms with Gasteiger partial charge < -0.3 is 19.2 Å². The van der Waals surface area contributed by atoms with E-state index in [1.54, 1.807) is 0 Å². The molecule has 1 aromatic carbocycles. The van der Waals surface area contributed by atoms with E-state index < -0.39 is 18.5 Å². The predicted molar refractivity (Wildman–Crippen MR) is 100 cm³/mol. The fourth-order valence-corrected chi connectivity index (χ4v) is 4.95. The van der Waals surface area contributed by atoms with Crippen LogP contribution in [0.3, 0.4) is 0 Å². The summed E-state index contributed by atoms with van der Waals surface area (Å²) >= 11 is 5.62. The molecule has 1 amide bonds. The van der Waals surface area contributed by atoms with Crippen molar-refractivity contribution in [1.29, 1.82) is 0 Å². The number of alkyl halides is 2. The summed E-state index contributed by atoms with van der Waals surface area (Å²) in [5, 5.41) is 11.2. The highest BCUT2D eigenvalue weighted by atomic mass is 35.5. The first-order valence-corrected chi connectivity index (χ1v) is 10.3. The summed E-state index contributed by atoms with van der Waals surface area (Å²) in [6.45, 7) is -3.00. The third kappa shape index (κ3) is 3.76. The fraction of sp³-hybridized carbons (Fsp3) is 0.550. The Morgan fingerprint density at radius 1 is 1.29 bits per heavy atom. The van der Waals surface area contributed by atoms with Crippen LogP contribution in [0.4, 0.5) is 13.2 Å². The van der Waals surface area contributed by atoms with E-state index in [0.29, 0.717) is 43.9 Å². The maximum absolute atomic E-state index is 13.4. The van der Waals surface area contributed by atoms with Crippen molar-refractivity contribution in [2.45, 2.75) is 61.7 Å². The molecule has 2 aromatic rings. The van der Waals surface area contributed by atoms with Crippen LogP contribution < -0.4 is 10.1 Å². The monoisotopic (exact) mass is 457 g/mol. The Kier molecular flexibility index (Phi) is 4.89. The average molecular weight is 458 g/mol. The molecule has 11 heteroatoms. The molecule has 4 fully saturated rings. The Balaban J connectivity index is 1.09. The van der Waals surface area contributed by atoms with E-state index in [1.165, 1.54) is 12.1 Å². The molecule has 6 rings (SSSR count). The molecule has 0 radical (unpaired) electrons. The summed E-state index contributed by atoms with van der Waals surface area (Å²) in [6.07, 6.45) is 2.47. The minimum atomic E-state index is -2.77. The first kappa shape index (κ1) is 20.6. The van der Waals surface area contributed by atoms with Crippen LogP contribution >= 0.6 is 11.6 Å². The maximum atomic E-state index is 13.4. The van der Waals surface area contributed by atoms with Crippen LogP contribution in [0.15, 0.2) is 22.6 Å². The number of hydrogen-bond acceptors (Lipinski definition) is 6. The summed E-state index contributed by atoms with van der Waals surface area (Å²) in [5.74, 6) is 0.246. The number of carbonyl (C=O) groups excluding carboxylic acids is 1. The topological polar surface area (TPSA) is 86.5 Å². The molecule has 4 aliphatic carbocycles. The van der Waals surface area contributed by atoms with Gasteiger partial charge in [-0.1, -0.05) is 11.6 Å². The van der Waals surface area contributed by atoms with Gasteiger partial charge in [0.05, 0.1) is 16.5 Å². The second kappa shape index (κ2) is 7.37. The lowest BCUT2D eigenvalue weighted by Gasteiger charge is -2.68. The molecule has 7 nitrogen and oxygen atoms in total. The largest absolute Gasteiger partial charge is 0.484 e. The molecule has 166 valence electrons. The Hall–Kier alpha value is -2.33. The van der Waals surface area contributed by atoms with Gasteiger partial charge in [-0.05, 0) is 44.2 Å². The highest BCUT2D eigenvalue weighted by Gasteiger charge is 2.71. The van der Waals surface area contributed by atoms with Crippen molar-refractivity contribution in [2.24, 2.45) is 0 Å². The Morgan fingerprint density at radius 2 is 2.03 bits per heavy atom. The lowest BCUT2D eigenvalue weighted by atomic mass is 9.39. The van der Waals surface area contributed by atoms with Gasteiger partial charge >= 0.3 is 6.61 Å². The molecule has 4 saturated carbocycles. The quantitative estimate of drug-likeness (QED) is 0.650. The molecule has 1 aromatic heterocycles. The molecule has 1 heterocycles. The zero-order valence-corrected chi connectivity index (χ0v) is 17.0. The van der Waals surface area contributed by atoms with E-state index in [1.807, 2.05) is 0 Å². The lowest BCUT2D eigenvalue weighted by molar-refractivity contribution is -0.185. The van der Waals surface area contributed by atoms with Gasteiger partial charge in [0.25, 0.3) is 5.91 Å². The molecule has 0 unspecified atom stereocenters. The Labute approximate surface area is 180 Å². The number of nitrogens with zero attached hydrogens (tertiary/aromatic N) is 2. The van der Waals surface area contributed by atoms with E-state index >= 15 is 0 Å². The van der Waals surface area contributed by atoms with E-state index in [-0.39, 0.29) is 40.2 Å². The number of hydrogen-bond donors (Lipinski definition) is 1. The second-order valence-corrected chi connectivity index (χ2v) is 9.04. The lowest BCUT2D eigenvalue weighted by Crippen LogP contribution is -2.77. The number of benzene rings is 1. The van der Waals surface area contributed by atoms with Crippen LogP contribution in [0.1, 0.15) is 49.8 Å². The van der Waals surface area contributed by atoms with Crippen LogP contribution in [-0.4, -0.2) is 41.0 Å². The molecular weight excluding hydrogens is 439 g/mol. The minimum absolute atomic E-state index is 0.0150. The number of rotatable bonds is 8. The van der Waals surface area contributed by atoms with Crippen LogP contribution in [0, 0.1) is 5.82 Å². The highest BCUT2D eigenvalue weighted by Crippen LogP contribution is 2.67. The summed E-state index contributed by atoms with van der Waals surface area (Å²) in [5.41, 5.74) is -0.547. The standard InChI is InChI=1S/C20H19ClF3N3O4/c21-13-2-1-11(5-14(13)22)29-6-15(28)25-20-7-19(8-20,9-20)17-27-26-16(31-17)10-3-12(4-10)30-18(23)24/h1-2,5,10,12,18H,3-4,6-9H2,(H,25,28). The number of ether oxygens (including phenoxy) is 2. The third-order valence-corrected chi connectivity index (χ3v) is 6.64. The number of nitrogens with one attached hydrogen (secondary N) is 1. The summed E-state index contributed by atoms with van der Waals surface area (Å²) < 4.78 is 53.5. The molecule has 0 aliphatic heterocycles. The molecule has 0 saturated heterocycles. The van der Waals surface area contributed by atoms with Crippen molar-refractivity contribution in [3.63, 3.8) is 0 Å². The van der Waals surface area contributed by atoms with Crippen molar-refractivity contribution < 1.29 is 31.9 Å². The molecule has 0 spiro atoms. The summed E-state index contributed by atoms with van der Waals surface area (Å²) in [6, 6.07) is 3.98. The molecule has 1 N–H and O–H groups in total. The van der Waals surface area contributed by atoms with Crippen molar-refractivity contribution in [2.75, 3.05) is 6.61 Å². The van der Waals surface area contributed by atoms with Gasteiger partial charge in [-0.3, -0.25) is 4.79 Å². The zero-order valence-electron chi connectivity index (χ0n) is 16.2. The van der Waals surface area contributed by atoms with Crippen LogP contribution in [0.25, 0.3) is 0 Å². The highest BCUT2D eigenvalue weighted by molar-refractivity contribution is 6.30. The summed E-state index contributed by atoms with van der Waals surface area (Å²) in [7, 11) is 0. The third-order valence-electron chi connectivity index (χ3n) is 6.33. The van der Waals surface area contributed by atoms with E-state index in [0.717, 1.165) is 6.07 Å². The van der Waals surface area contributed by atoms with Gasteiger partial charge in [-0.15, -0.1) is 10.2 Å². The van der Waals surface area contributed by atoms with Gasteiger partial charge in [0, 0.05) is 17.5 Å². The number of aromatic nitrogens is 2. The maximum Gasteiger partial charge on any atom is 0.345 e. The number of carbonyl (C=O) groups is 1. The molecule has 31 heavy (non-hydrogen) atoms. The van der Waals surface area contributed by atoms with Gasteiger partial charge in [-0.2, -0.15) is 8.78 Å². The van der Waals surface area contributed by atoms with Gasteiger partial charge in [0.1, 0.15) is 11.6 Å². The smallest absolute Gasteiger partial charge is 0.345 e. The SMILES string of the molecule is O=C(COc1ccc(Cl)c(F)c1)NC12CC(c3nnc(C4CC(OC(F)F)C4)o3)(C1)C2. The molecule has 0 atom stereocenters. The van der Waals surface area contributed by atoms with Gasteiger partial charge in [0.2, 0.25) is 11.8 Å². The number of amides is 1. The Morgan fingerprint density at radius 3 is 2.71 bits per heavy atom. The van der Waals surface area contributed by atoms with Crippen LogP contribution in [0.2, 0.25) is 5.02 Å². The second-order valence-electron chi connectivity index (χ2n) is 8.64. The van der Waals surface area contributed by atoms with Crippen molar-refractivity contribution >= 4 is 17.5 Å². The van der Waals surface area contributed by atoms with Gasteiger partial charge in [-0.25, -0.2) is 4.39 Å². The van der Waals surface area contributed by atoms with Crippen LogP contribution in [0.5, 0.6) is 5.75 Å². The van der Waals surface area contributed by atoms with Crippen LogP contribution in [-0.2, 0) is 14.9 Å². The van der Waals surface area contributed by atoms with Crippen molar-refractivity contribution in [3.8, 4) is 5.75 Å². The summed E-state index contributed by atoms with van der Waals surface area (Å²) in [4.78, 5) is 12.2. The average Bonchev–Trinajstić information content (AvgIpc) is 3.09. The normalized spacial score (nSPS) is 30.9. The molecule has 2 bridgehead atoms. The zero-order chi connectivity index (χ0) is 21.8. The molecule has 4 aliphatic rings. The van der Waals surface area contributed by atoms with E-state index in [2.05, 4.69) is 20.3 Å². The minimum Gasteiger partial charge on any atom is -0.484 e. The van der Waals surface area contributed by atoms with Gasteiger partial charge in [0.15, 0.2) is 6.61 Å². The first-order chi connectivity index (χ1) is 14.8. The first-order valence-electron chi connectivity index (χ1n) is 9.92. The predicted octanol–water partition coefficient (Wildman–Crippen LogP) is 3.72. The van der Waals surface area contributed by atoms with E-state index in [4.69, 9.17) is 20.8 Å². The Bertz CT molecular complexity index is 992. The van der Waals surface area contributed by atoms with Crippen molar-refractivity contribution in [1.82, 2.24) is 15.5 Å². The fourth-order valence-electron chi connectivity index (χ4n) is 4.83. The van der Waals surface area contributed by atoms with Crippen molar-refractivity contribution in [3.05, 3.63) is 40.8 Å². The van der Waals surface area contributed by atoms with E-state index in [9.17, 15) is 18.0 Å². The number of halogens is 4. The molecular formula is C20H19ClF3N3O4.